The lowest BCUT2D eigenvalue weighted by Gasteiger charge is -2.37. The molecule has 6 rings (SSSR count). The van der Waals surface area contributed by atoms with Crippen LogP contribution in [0.4, 0.5) is 0 Å². The molecule has 10 nitrogen and oxygen atoms in total. The molecular formula is C36H39N3O7. The topological polar surface area (TPSA) is 153 Å². The van der Waals surface area contributed by atoms with Gasteiger partial charge >= 0.3 is 0 Å². The van der Waals surface area contributed by atoms with E-state index in [0.717, 1.165) is 44.6 Å². The number of ether oxygens (including phenoxy) is 2. The van der Waals surface area contributed by atoms with Crippen LogP contribution in [0.2, 0.25) is 0 Å². The van der Waals surface area contributed by atoms with Crippen molar-refractivity contribution in [2.24, 2.45) is 0 Å². The quantitative estimate of drug-likeness (QED) is 0.283. The van der Waals surface area contributed by atoms with E-state index in [1.165, 1.54) is 6.92 Å². The van der Waals surface area contributed by atoms with E-state index >= 15 is 0 Å². The van der Waals surface area contributed by atoms with Crippen LogP contribution in [0.15, 0.2) is 72.9 Å². The highest BCUT2D eigenvalue weighted by molar-refractivity contribution is 5.88. The number of aromatic hydroxyl groups is 1. The van der Waals surface area contributed by atoms with E-state index < -0.39 is 12.1 Å². The number of rotatable bonds is 7. The third kappa shape index (κ3) is 6.68. The lowest BCUT2D eigenvalue weighted by molar-refractivity contribution is -0.140. The SMILES string of the molecule is CC(=O)N1Cc2cc3c(cc2C[C@H]1C(=O)N[C@H](CO)Cc1ccc(-c2ccnc(C)c2C)cc1)OC[C@H](c1ccc(O)cc1)O3.O. The maximum absolute atomic E-state index is 13.6. The van der Waals surface area contributed by atoms with Gasteiger partial charge < -0.3 is 35.4 Å². The fourth-order valence-corrected chi connectivity index (χ4v) is 6.09. The number of hydrogen-bond donors (Lipinski definition) is 3. The number of hydrogen-bond acceptors (Lipinski definition) is 7. The Kier molecular flexibility index (Phi) is 9.60. The van der Waals surface area contributed by atoms with Gasteiger partial charge in [-0.1, -0.05) is 36.4 Å². The van der Waals surface area contributed by atoms with Crippen LogP contribution < -0.4 is 14.8 Å². The molecule has 0 bridgehead atoms. The van der Waals surface area contributed by atoms with Gasteiger partial charge in [0.15, 0.2) is 17.6 Å². The fourth-order valence-electron chi connectivity index (χ4n) is 6.09. The number of carbonyl (C=O) groups excluding carboxylic acids is 2. The van der Waals surface area contributed by atoms with Crippen molar-refractivity contribution in [1.82, 2.24) is 15.2 Å². The third-order valence-corrected chi connectivity index (χ3v) is 8.80. The number of amides is 2. The zero-order valence-corrected chi connectivity index (χ0v) is 26.1. The summed E-state index contributed by atoms with van der Waals surface area (Å²) >= 11 is 0. The summed E-state index contributed by atoms with van der Waals surface area (Å²) in [6.45, 7) is 5.83. The number of aryl methyl sites for hydroxylation is 1. The Morgan fingerprint density at radius 3 is 2.43 bits per heavy atom. The van der Waals surface area contributed by atoms with Crippen molar-refractivity contribution in [2.45, 2.75) is 58.3 Å². The average Bonchev–Trinajstić information content (AvgIpc) is 3.04. The van der Waals surface area contributed by atoms with Crippen molar-refractivity contribution in [1.29, 1.82) is 0 Å². The van der Waals surface area contributed by atoms with E-state index in [1.807, 2.05) is 49.4 Å². The molecule has 2 aliphatic heterocycles. The van der Waals surface area contributed by atoms with Gasteiger partial charge in [0.2, 0.25) is 11.8 Å². The van der Waals surface area contributed by atoms with Gasteiger partial charge in [-0.15, -0.1) is 0 Å². The predicted octanol–water partition coefficient (Wildman–Crippen LogP) is 3.75. The number of pyridine rings is 1. The lowest BCUT2D eigenvalue weighted by Crippen LogP contribution is -2.54. The molecule has 10 heteroatoms. The van der Waals surface area contributed by atoms with Crippen molar-refractivity contribution in [3.8, 4) is 28.4 Å². The molecule has 2 aliphatic rings. The number of carbonyl (C=O) groups is 2. The summed E-state index contributed by atoms with van der Waals surface area (Å²) < 4.78 is 12.3. The molecule has 1 aromatic heterocycles. The molecule has 0 saturated carbocycles. The van der Waals surface area contributed by atoms with Crippen LogP contribution in [0.5, 0.6) is 17.2 Å². The molecule has 5 N–H and O–H groups in total. The standard InChI is InChI=1S/C36H37N3O6.H2O/c1-21-22(2)37-13-12-31(21)25-6-4-24(5-7-25)14-29(19-40)38-36(43)32-15-27-16-33-34(17-28(27)18-39(32)23(3)41)45-35(20-44-33)26-8-10-30(42)11-9-26;/h4-13,16-17,29,32,35,40,42H,14-15,18-20H2,1-3H3,(H,38,43);1H2/t29-,32-,35+;/m0./s1. The zero-order chi connectivity index (χ0) is 31.7. The smallest absolute Gasteiger partial charge is 0.243 e. The average molecular weight is 626 g/mol. The second-order valence-electron chi connectivity index (χ2n) is 11.8. The zero-order valence-electron chi connectivity index (χ0n) is 26.1. The molecule has 4 aromatic rings. The van der Waals surface area contributed by atoms with Crippen molar-refractivity contribution in [2.75, 3.05) is 13.2 Å². The van der Waals surface area contributed by atoms with Crippen LogP contribution >= 0.6 is 0 Å². The minimum Gasteiger partial charge on any atom is -0.508 e. The Hall–Kier alpha value is -4.93. The van der Waals surface area contributed by atoms with Gasteiger partial charge in [0, 0.05) is 31.8 Å². The molecule has 2 amide bonds. The maximum atomic E-state index is 13.6. The molecular weight excluding hydrogens is 586 g/mol. The minimum atomic E-state index is -0.725. The third-order valence-electron chi connectivity index (χ3n) is 8.80. The molecule has 3 heterocycles. The van der Waals surface area contributed by atoms with Gasteiger partial charge in [-0.25, -0.2) is 0 Å². The number of nitrogens with one attached hydrogen (secondary N) is 1. The number of phenols is 1. The van der Waals surface area contributed by atoms with Crippen LogP contribution in [-0.2, 0) is 29.0 Å². The summed E-state index contributed by atoms with van der Waals surface area (Å²) in [6.07, 6.45) is 2.23. The van der Waals surface area contributed by atoms with E-state index in [-0.39, 0.29) is 42.3 Å². The number of fused-ring (bicyclic) bond motifs is 2. The second kappa shape index (κ2) is 13.6. The first-order valence-electron chi connectivity index (χ1n) is 15.1. The van der Waals surface area contributed by atoms with Crippen LogP contribution in [-0.4, -0.2) is 62.7 Å². The molecule has 0 fully saturated rings. The summed E-state index contributed by atoms with van der Waals surface area (Å²) in [5.41, 5.74) is 7.99. The first kappa shape index (κ1) is 32.5. The lowest BCUT2D eigenvalue weighted by atomic mass is 9.92. The Balaban J connectivity index is 0.00000417. The molecule has 240 valence electrons. The summed E-state index contributed by atoms with van der Waals surface area (Å²) in [6, 6.07) is 19.5. The molecule has 0 spiro atoms. The van der Waals surface area contributed by atoms with E-state index in [1.54, 1.807) is 35.4 Å². The number of nitrogens with zero attached hydrogens (tertiary/aromatic N) is 2. The van der Waals surface area contributed by atoms with Crippen LogP contribution in [0.1, 0.15) is 46.5 Å². The highest BCUT2D eigenvalue weighted by atomic mass is 16.6. The highest BCUT2D eigenvalue weighted by Crippen LogP contribution is 2.41. The van der Waals surface area contributed by atoms with E-state index in [2.05, 4.69) is 17.2 Å². The van der Waals surface area contributed by atoms with Gasteiger partial charge in [0.25, 0.3) is 0 Å². The Morgan fingerprint density at radius 2 is 1.74 bits per heavy atom. The van der Waals surface area contributed by atoms with E-state index in [0.29, 0.717) is 30.9 Å². The number of phenolic OH excluding ortho intramolecular Hbond substituents is 1. The summed E-state index contributed by atoms with van der Waals surface area (Å²) in [7, 11) is 0. The minimum absolute atomic E-state index is 0. The van der Waals surface area contributed by atoms with Crippen LogP contribution in [0.3, 0.4) is 0 Å². The van der Waals surface area contributed by atoms with E-state index in [4.69, 9.17) is 9.47 Å². The number of aliphatic hydroxyl groups is 1. The van der Waals surface area contributed by atoms with Gasteiger partial charge in [-0.3, -0.25) is 14.6 Å². The van der Waals surface area contributed by atoms with Crippen molar-refractivity contribution >= 4 is 11.8 Å². The van der Waals surface area contributed by atoms with Crippen LogP contribution in [0, 0.1) is 13.8 Å². The largest absolute Gasteiger partial charge is 0.508 e. The summed E-state index contributed by atoms with van der Waals surface area (Å²) in [5, 5.41) is 22.8. The van der Waals surface area contributed by atoms with Crippen LogP contribution in [0.25, 0.3) is 11.1 Å². The molecule has 0 saturated heterocycles. The van der Waals surface area contributed by atoms with Gasteiger partial charge in [-0.05, 0) is 89.5 Å². The fraction of sp³-hybridized carbons (Fsp3) is 0.306. The van der Waals surface area contributed by atoms with Crippen molar-refractivity contribution < 1.29 is 34.8 Å². The molecule has 3 atom stereocenters. The number of benzene rings is 3. The summed E-state index contributed by atoms with van der Waals surface area (Å²) in [5.74, 6) is 0.823. The summed E-state index contributed by atoms with van der Waals surface area (Å²) in [4.78, 5) is 32.3. The van der Waals surface area contributed by atoms with E-state index in [9.17, 15) is 19.8 Å². The first-order valence-corrected chi connectivity index (χ1v) is 15.1. The van der Waals surface area contributed by atoms with Gasteiger partial charge in [0.05, 0.1) is 12.6 Å². The van der Waals surface area contributed by atoms with Crippen molar-refractivity contribution in [3.63, 3.8) is 0 Å². The number of aliphatic hydroxyl groups excluding tert-OH is 1. The maximum Gasteiger partial charge on any atom is 0.243 e. The Bertz CT molecular complexity index is 1720. The van der Waals surface area contributed by atoms with Gasteiger partial charge in [0.1, 0.15) is 18.4 Å². The number of aromatic nitrogens is 1. The Labute approximate surface area is 267 Å². The molecule has 46 heavy (non-hydrogen) atoms. The molecule has 0 radical (unpaired) electrons. The molecule has 0 aliphatic carbocycles. The van der Waals surface area contributed by atoms with Gasteiger partial charge in [-0.2, -0.15) is 0 Å². The Morgan fingerprint density at radius 1 is 1.02 bits per heavy atom. The predicted molar refractivity (Wildman–Crippen MR) is 173 cm³/mol. The molecule has 3 aromatic carbocycles. The first-order chi connectivity index (χ1) is 21.7. The monoisotopic (exact) mass is 625 g/mol. The van der Waals surface area contributed by atoms with Crippen molar-refractivity contribution in [3.05, 3.63) is 106 Å². The highest BCUT2D eigenvalue weighted by Gasteiger charge is 2.36. The molecule has 0 unspecified atom stereocenters. The normalized spacial score (nSPS) is 17.3. The second-order valence-corrected chi connectivity index (χ2v) is 11.8.